The SMILES string of the molecule is CC1CN(c2nc(NCc3cccnc3C(F)(F)F)c3cccnc3n2)CCO1. The van der Waals surface area contributed by atoms with E-state index in [2.05, 4.69) is 25.3 Å². The highest BCUT2D eigenvalue weighted by Gasteiger charge is 2.35. The number of rotatable bonds is 4. The number of nitrogens with one attached hydrogen (secondary N) is 1. The minimum absolute atomic E-state index is 0.0351. The molecule has 1 aliphatic rings. The molecule has 3 aromatic heterocycles. The molecule has 10 heteroatoms. The van der Waals surface area contributed by atoms with E-state index in [0.717, 1.165) is 6.20 Å². The number of anilines is 2. The molecular weight excluding hydrogens is 385 g/mol. The van der Waals surface area contributed by atoms with Crippen LogP contribution < -0.4 is 10.2 Å². The van der Waals surface area contributed by atoms with E-state index in [-0.39, 0.29) is 18.2 Å². The van der Waals surface area contributed by atoms with Gasteiger partial charge in [0.15, 0.2) is 5.65 Å². The van der Waals surface area contributed by atoms with Gasteiger partial charge in [-0.2, -0.15) is 23.1 Å². The van der Waals surface area contributed by atoms with Crippen LogP contribution in [0.15, 0.2) is 36.7 Å². The van der Waals surface area contributed by atoms with Gasteiger partial charge in [0, 0.05) is 37.6 Å². The Morgan fingerprint density at radius 2 is 1.97 bits per heavy atom. The Kier molecular flexibility index (Phi) is 5.18. The molecule has 1 N–H and O–H groups in total. The standard InChI is InChI=1S/C19H19F3N6O/c1-12-11-28(8-9-29-12)18-26-16-14(5-3-7-24-16)17(27-18)25-10-13-4-2-6-23-15(13)19(20,21)22/h2-7,12H,8-11H2,1H3,(H,24,25,26,27). The monoisotopic (exact) mass is 404 g/mol. The largest absolute Gasteiger partial charge is 0.433 e. The molecule has 0 spiro atoms. The fourth-order valence-corrected chi connectivity index (χ4v) is 3.24. The Morgan fingerprint density at radius 3 is 2.76 bits per heavy atom. The van der Waals surface area contributed by atoms with E-state index in [9.17, 15) is 13.2 Å². The second kappa shape index (κ2) is 7.78. The zero-order chi connectivity index (χ0) is 20.4. The summed E-state index contributed by atoms with van der Waals surface area (Å²) in [4.78, 5) is 18.9. The van der Waals surface area contributed by atoms with Gasteiger partial charge in [-0.15, -0.1) is 0 Å². The maximum absolute atomic E-state index is 13.2. The number of aromatic nitrogens is 4. The zero-order valence-electron chi connectivity index (χ0n) is 15.6. The number of fused-ring (bicyclic) bond motifs is 1. The molecule has 7 nitrogen and oxygen atoms in total. The van der Waals surface area contributed by atoms with E-state index >= 15 is 0 Å². The number of nitrogens with zero attached hydrogens (tertiary/aromatic N) is 5. The summed E-state index contributed by atoms with van der Waals surface area (Å²) in [5, 5.41) is 3.65. The molecule has 4 rings (SSSR count). The van der Waals surface area contributed by atoms with Crippen molar-refractivity contribution in [1.82, 2.24) is 19.9 Å². The van der Waals surface area contributed by atoms with E-state index in [1.54, 1.807) is 18.3 Å². The molecule has 1 aliphatic heterocycles. The zero-order valence-corrected chi connectivity index (χ0v) is 15.6. The number of hydrogen-bond donors (Lipinski definition) is 1. The smallest absolute Gasteiger partial charge is 0.375 e. The van der Waals surface area contributed by atoms with Gasteiger partial charge in [0.1, 0.15) is 11.5 Å². The number of halogens is 3. The topological polar surface area (TPSA) is 76.1 Å². The highest BCUT2D eigenvalue weighted by atomic mass is 19.4. The summed E-state index contributed by atoms with van der Waals surface area (Å²) < 4.78 is 45.2. The molecule has 0 aromatic carbocycles. The van der Waals surface area contributed by atoms with E-state index in [1.165, 1.54) is 12.1 Å². The fourth-order valence-electron chi connectivity index (χ4n) is 3.24. The molecule has 152 valence electrons. The second-order valence-corrected chi connectivity index (χ2v) is 6.74. The summed E-state index contributed by atoms with van der Waals surface area (Å²) in [6.45, 7) is 3.69. The quantitative estimate of drug-likeness (QED) is 0.715. The van der Waals surface area contributed by atoms with Crippen molar-refractivity contribution in [2.45, 2.75) is 25.7 Å². The lowest BCUT2D eigenvalue weighted by molar-refractivity contribution is -0.141. The van der Waals surface area contributed by atoms with Crippen molar-refractivity contribution in [2.75, 3.05) is 29.9 Å². The van der Waals surface area contributed by atoms with Crippen LogP contribution in [0, 0.1) is 0 Å². The van der Waals surface area contributed by atoms with Gasteiger partial charge >= 0.3 is 6.18 Å². The fraction of sp³-hybridized carbons (Fsp3) is 0.368. The van der Waals surface area contributed by atoms with Crippen molar-refractivity contribution in [3.63, 3.8) is 0 Å². The van der Waals surface area contributed by atoms with Gasteiger partial charge < -0.3 is 15.0 Å². The normalized spacial score (nSPS) is 17.5. The Balaban J connectivity index is 1.67. The second-order valence-electron chi connectivity index (χ2n) is 6.74. The summed E-state index contributed by atoms with van der Waals surface area (Å²) in [5.41, 5.74) is -0.398. The summed E-state index contributed by atoms with van der Waals surface area (Å²) in [6, 6.07) is 6.39. The van der Waals surface area contributed by atoms with Gasteiger partial charge in [-0.1, -0.05) is 6.07 Å². The molecule has 29 heavy (non-hydrogen) atoms. The summed E-state index contributed by atoms with van der Waals surface area (Å²) in [6.07, 6.45) is -1.74. The molecule has 1 atom stereocenters. The molecule has 0 bridgehead atoms. The Hall–Kier alpha value is -3.01. The van der Waals surface area contributed by atoms with E-state index in [0.29, 0.717) is 42.5 Å². The lowest BCUT2D eigenvalue weighted by atomic mass is 10.2. The van der Waals surface area contributed by atoms with Gasteiger partial charge in [-0.05, 0) is 25.1 Å². The highest BCUT2D eigenvalue weighted by molar-refractivity contribution is 5.87. The maximum Gasteiger partial charge on any atom is 0.433 e. The molecule has 1 saturated heterocycles. The molecular formula is C19H19F3N6O. The van der Waals surface area contributed by atoms with Crippen molar-refractivity contribution in [3.05, 3.63) is 47.9 Å². The van der Waals surface area contributed by atoms with Crippen molar-refractivity contribution in [3.8, 4) is 0 Å². The molecule has 1 unspecified atom stereocenters. The van der Waals surface area contributed by atoms with E-state index in [1.807, 2.05) is 11.8 Å². The van der Waals surface area contributed by atoms with Gasteiger partial charge in [0.25, 0.3) is 0 Å². The minimum atomic E-state index is -4.53. The summed E-state index contributed by atoms with van der Waals surface area (Å²) in [7, 11) is 0. The first-order valence-corrected chi connectivity index (χ1v) is 9.16. The maximum atomic E-state index is 13.2. The van der Waals surface area contributed by atoms with Crippen LogP contribution in [0.5, 0.6) is 0 Å². The lowest BCUT2D eigenvalue weighted by Crippen LogP contribution is -2.42. The van der Waals surface area contributed by atoms with Gasteiger partial charge in [-0.25, -0.2) is 4.98 Å². The predicted octanol–water partition coefficient (Wildman–Crippen LogP) is 3.28. The molecule has 1 fully saturated rings. The third kappa shape index (κ3) is 4.21. The van der Waals surface area contributed by atoms with Crippen molar-refractivity contribution in [1.29, 1.82) is 0 Å². The first kappa shape index (κ1) is 19.3. The number of alkyl halides is 3. The van der Waals surface area contributed by atoms with Crippen LogP contribution in [0.1, 0.15) is 18.2 Å². The van der Waals surface area contributed by atoms with Crippen molar-refractivity contribution in [2.24, 2.45) is 0 Å². The summed E-state index contributed by atoms with van der Waals surface area (Å²) in [5.74, 6) is 0.894. The van der Waals surface area contributed by atoms with Gasteiger partial charge in [0.2, 0.25) is 5.95 Å². The Bertz CT molecular complexity index is 1010. The third-order valence-electron chi connectivity index (χ3n) is 4.59. The number of morpholine rings is 1. The average Bonchev–Trinajstić information content (AvgIpc) is 2.71. The van der Waals surface area contributed by atoms with Crippen LogP contribution in [-0.2, 0) is 17.5 Å². The number of hydrogen-bond acceptors (Lipinski definition) is 7. The Morgan fingerprint density at radius 1 is 1.17 bits per heavy atom. The summed E-state index contributed by atoms with van der Waals surface area (Å²) >= 11 is 0. The predicted molar refractivity (Wildman–Crippen MR) is 102 cm³/mol. The van der Waals surface area contributed by atoms with Gasteiger partial charge in [-0.3, -0.25) is 4.98 Å². The van der Waals surface area contributed by atoms with Crippen LogP contribution in [0.3, 0.4) is 0 Å². The van der Waals surface area contributed by atoms with Crippen LogP contribution in [0.4, 0.5) is 24.9 Å². The molecule has 0 aliphatic carbocycles. The average molecular weight is 404 g/mol. The molecule has 0 saturated carbocycles. The number of ether oxygens (including phenoxy) is 1. The highest BCUT2D eigenvalue weighted by Crippen LogP contribution is 2.31. The van der Waals surface area contributed by atoms with Crippen LogP contribution in [-0.4, -0.2) is 45.7 Å². The van der Waals surface area contributed by atoms with Crippen LogP contribution in [0.25, 0.3) is 11.0 Å². The molecule has 4 heterocycles. The first-order chi connectivity index (χ1) is 13.9. The van der Waals surface area contributed by atoms with E-state index < -0.39 is 11.9 Å². The van der Waals surface area contributed by atoms with Crippen molar-refractivity contribution >= 4 is 22.8 Å². The van der Waals surface area contributed by atoms with Crippen molar-refractivity contribution < 1.29 is 17.9 Å². The van der Waals surface area contributed by atoms with E-state index in [4.69, 9.17) is 4.74 Å². The molecule has 0 amide bonds. The van der Waals surface area contributed by atoms with Gasteiger partial charge in [0.05, 0.1) is 18.1 Å². The van der Waals surface area contributed by atoms with Crippen LogP contribution >= 0.6 is 0 Å². The number of pyridine rings is 2. The lowest BCUT2D eigenvalue weighted by Gasteiger charge is -2.31. The minimum Gasteiger partial charge on any atom is -0.375 e. The van der Waals surface area contributed by atoms with Crippen LogP contribution in [0.2, 0.25) is 0 Å². The molecule has 3 aromatic rings. The first-order valence-electron chi connectivity index (χ1n) is 9.16. The molecule has 0 radical (unpaired) electrons. The Labute approximate surface area is 165 Å². The third-order valence-corrected chi connectivity index (χ3v) is 4.59.